The average Bonchev–Trinajstić information content (AvgIpc) is 2.71. The molecule has 0 aliphatic heterocycles. The van der Waals surface area contributed by atoms with Crippen molar-refractivity contribution in [2.75, 3.05) is 20.3 Å². The molecule has 1 saturated carbocycles. The first-order valence-corrected chi connectivity index (χ1v) is 11.8. The molecule has 0 saturated heterocycles. The van der Waals surface area contributed by atoms with Crippen molar-refractivity contribution in [3.8, 4) is 0 Å². The highest BCUT2D eigenvalue weighted by molar-refractivity contribution is 7.77. The van der Waals surface area contributed by atoms with Crippen molar-refractivity contribution < 1.29 is 22.6 Å². The van der Waals surface area contributed by atoms with E-state index in [2.05, 4.69) is 18.6 Å². The molecule has 29 heavy (non-hydrogen) atoms. The molecule has 4 atom stereocenters. The molecule has 0 spiro atoms. The fourth-order valence-electron chi connectivity index (χ4n) is 4.20. The van der Waals surface area contributed by atoms with E-state index in [-0.39, 0.29) is 23.9 Å². The number of ether oxygens (including phenoxy) is 2. The molecule has 4 unspecified atom stereocenters. The van der Waals surface area contributed by atoms with E-state index >= 15 is 0 Å². The van der Waals surface area contributed by atoms with E-state index in [4.69, 9.17) is 9.47 Å². The van der Waals surface area contributed by atoms with Gasteiger partial charge < -0.3 is 9.47 Å². The number of rotatable bonds is 12. The molecule has 166 valence electrons. The van der Waals surface area contributed by atoms with Gasteiger partial charge in [0.15, 0.2) is 0 Å². The molecule has 1 aromatic rings. The van der Waals surface area contributed by atoms with Crippen LogP contribution in [0.2, 0.25) is 0 Å². The Bertz CT molecular complexity index is 625. The zero-order chi connectivity index (χ0) is 21.2. The van der Waals surface area contributed by atoms with Crippen molar-refractivity contribution in [2.45, 2.75) is 70.4 Å². The van der Waals surface area contributed by atoms with Gasteiger partial charge in [-0.2, -0.15) is 0 Å². The maximum Gasteiger partial charge on any atom is 0.231 e. The first-order valence-electron chi connectivity index (χ1n) is 10.7. The second-order valence-corrected chi connectivity index (χ2v) is 9.01. The minimum Gasteiger partial charge on any atom is -0.384 e. The first-order chi connectivity index (χ1) is 13.9. The first kappa shape index (κ1) is 24.4. The smallest absolute Gasteiger partial charge is 0.231 e. The Hall–Kier alpha value is -0.860. The number of methoxy groups -OCH3 is 1. The van der Waals surface area contributed by atoms with Gasteiger partial charge in [0.05, 0.1) is 12.7 Å². The summed E-state index contributed by atoms with van der Waals surface area (Å²) in [6.45, 7) is 5.36. The van der Waals surface area contributed by atoms with Gasteiger partial charge >= 0.3 is 0 Å². The average molecular weight is 430 g/mol. The lowest BCUT2D eigenvalue weighted by molar-refractivity contribution is 0.000206. The summed E-state index contributed by atoms with van der Waals surface area (Å²) in [7, 11) is 1.68. The molecule has 1 fully saturated rings. The van der Waals surface area contributed by atoms with E-state index in [1.807, 2.05) is 6.07 Å². The van der Waals surface area contributed by atoms with Gasteiger partial charge in [0.25, 0.3) is 0 Å². The highest BCUT2D eigenvalue weighted by atomic mass is 32.2. The van der Waals surface area contributed by atoms with E-state index in [0.29, 0.717) is 25.0 Å². The van der Waals surface area contributed by atoms with Crippen LogP contribution in [0.3, 0.4) is 0 Å². The van der Waals surface area contributed by atoms with E-state index in [1.165, 1.54) is 6.07 Å². The SMILES string of the molecule is CCC(COC)CC(NS(=O)O)C(C)COC1CCC(c2cccc(F)c2)CC1. The summed E-state index contributed by atoms with van der Waals surface area (Å²) in [4.78, 5) is 0. The molecule has 0 heterocycles. The summed E-state index contributed by atoms with van der Waals surface area (Å²) in [6.07, 6.45) is 5.84. The normalized spacial score (nSPS) is 24.0. The number of hydrogen-bond acceptors (Lipinski definition) is 3. The van der Waals surface area contributed by atoms with Gasteiger partial charge in [0, 0.05) is 19.8 Å². The van der Waals surface area contributed by atoms with E-state index in [0.717, 1.165) is 44.1 Å². The van der Waals surface area contributed by atoms with Crippen molar-refractivity contribution in [3.05, 3.63) is 35.6 Å². The molecule has 7 heteroatoms. The number of halogens is 1. The lowest BCUT2D eigenvalue weighted by Gasteiger charge is -2.32. The number of nitrogens with one attached hydrogen (secondary N) is 1. The summed E-state index contributed by atoms with van der Waals surface area (Å²) in [5.41, 5.74) is 1.08. The lowest BCUT2D eigenvalue weighted by Crippen LogP contribution is -2.40. The van der Waals surface area contributed by atoms with Crippen LogP contribution in [0.1, 0.15) is 63.9 Å². The second-order valence-electron chi connectivity index (χ2n) is 8.28. The summed E-state index contributed by atoms with van der Waals surface area (Å²) in [5.74, 6) is 0.671. The zero-order valence-electron chi connectivity index (χ0n) is 17.8. The molecular weight excluding hydrogens is 393 g/mol. The Kier molecular flexibility index (Phi) is 10.7. The fraction of sp³-hybridized carbons (Fsp3) is 0.727. The van der Waals surface area contributed by atoms with Crippen LogP contribution in [0.4, 0.5) is 4.39 Å². The topological polar surface area (TPSA) is 67.8 Å². The molecule has 0 bridgehead atoms. The van der Waals surface area contributed by atoms with E-state index in [9.17, 15) is 13.2 Å². The van der Waals surface area contributed by atoms with Crippen LogP contribution in [0.15, 0.2) is 24.3 Å². The van der Waals surface area contributed by atoms with Crippen LogP contribution < -0.4 is 4.72 Å². The van der Waals surface area contributed by atoms with Gasteiger partial charge in [-0.1, -0.05) is 32.4 Å². The highest BCUT2D eigenvalue weighted by Gasteiger charge is 2.26. The predicted octanol–water partition coefficient (Wildman–Crippen LogP) is 4.66. The molecule has 2 rings (SSSR count). The number of benzene rings is 1. The lowest BCUT2D eigenvalue weighted by atomic mass is 9.82. The molecule has 1 aromatic carbocycles. The summed E-state index contributed by atoms with van der Waals surface area (Å²) >= 11 is -2.05. The Morgan fingerprint density at radius 3 is 2.59 bits per heavy atom. The van der Waals surface area contributed by atoms with Crippen molar-refractivity contribution >= 4 is 11.3 Å². The number of hydrogen-bond donors (Lipinski definition) is 2. The van der Waals surface area contributed by atoms with E-state index < -0.39 is 11.3 Å². The monoisotopic (exact) mass is 429 g/mol. The van der Waals surface area contributed by atoms with E-state index in [1.54, 1.807) is 19.2 Å². The van der Waals surface area contributed by atoms with Crippen LogP contribution in [-0.2, 0) is 20.7 Å². The largest absolute Gasteiger partial charge is 0.384 e. The molecule has 0 amide bonds. The summed E-state index contributed by atoms with van der Waals surface area (Å²) in [5, 5.41) is 0. The third-order valence-corrected chi connectivity index (χ3v) is 6.60. The van der Waals surface area contributed by atoms with Crippen LogP contribution in [0.5, 0.6) is 0 Å². The van der Waals surface area contributed by atoms with Gasteiger partial charge in [0.1, 0.15) is 5.82 Å². The van der Waals surface area contributed by atoms with Crippen molar-refractivity contribution in [1.82, 2.24) is 4.72 Å². The summed E-state index contributed by atoms with van der Waals surface area (Å²) in [6, 6.07) is 6.81. The second kappa shape index (κ2) is 12.7. The molecule has 1 aliphatic rings. The van der Waals surface area contributed by atoms with Crippen molar-refractivity contribution in [2.24, 2.45) is 11.8 Å². The molecule has 5 nitrogen and oxygen atoms in total. The Morgan fingerprint density at radius 1 is 1.28 bits per heavy atom. The fourth-order valence-corrected chi connectivity index (χ4v) is 4.79. The van der Waals surface area contributed by atoms with Crippen LogP contribution >= 0.6 is 0 Å². The van der Waals surface area contributed by atoms with Gasteiger partial charge in [-0.15, -0.1) is 0 Å². The molecule has 1 aliphatic carbocycles. The third-order valence-electron chi connectivity index (χ3n) is 6.10. The molecule has 0 radical (unpaired) electrons. The molecule has 2 N–H and O–H groups in total. The van der Waals surface area contributed by atoms with Gasteiger partial charge in [-0.3, -0.25) is 4.55 Å². The van der Waals surface area contributed by atoms with Gasteiger partial charge in [-0.25, -0.2) is 13.3 Å². The minimum absolute atomic E-state index is 0.107. The maximum atomic E-state index is 13.5. The van der Waals surface area contributed by atoms with Crippen molar-refractivity contribution in [1.29, 1.82) is 0 Å². The van der Waals surface area contributed by atoms with Crippen LogP contribution in [-0.4, -0.2) is 41.2 Å². The predicted molar refractivity (Wildman–Crippen MR) is 114 cm³/mol. The minimum atomic E-state index is -2.05. The summed E-state index contributed by atoms with van der Waals surface area (Å²) < 4.78 is 48.3. The molecular formula is C22H36FNO4S. The zero-order valence-corrected chi connectivity index (χ0v) is 18.6. The van der Waals surface area contributed by atoms with Gasteiger partial charge in [0.2, 0.25) is 11.3 Å². The van der Waals surface area contributed by atoms with Crippen LogP contribution in [0, 0.1) is 17.7 Å². The Morgan fingerprint density at radius 2 is 2.00 bits per heavy atom. The maximum absolute atomic E-state index is 13.5. The standard InChI is InChI=1S/C22H36FNO4S/c1-4-17(15-27-3)12-22(24-29(25)26)16(2)14-28-21-10-8-18(9-11-21)19-6-5-7-20(23)13-19/h5-7,13,16-18,21-22,24H,4,8-12,14-15H2,1-3H3,(H,25,26). The quantitative estimate of drug-likeness (QED) is 0.474. The van der Waals surface area contributed by atoms with Crippen molar-refractivity contribution in [3.63, 3.8) is 0 Å². The van der Waals surface area contributed by atoms with Gasteiger partial charge in [-0.05, 0) is 67.6 Å². The molecule has 0 aromatic heterocycles. The Balaban J connectivity index is 1.81. The van der Waals surface area contributed by atoms with Crippen LogP contribution in [0.25, 0.3) is 0 Å². The Labute approximate surface area is 177 Å². The highest BCUT2D eigenvalue weighted by Crippen LogP contribution is 2.34. The third kappa shape index (κ3) is 8.42.